The first kappa shape index (κ1) is 20.0. The van der Waals surface area contributed by atoms with Gasteiger partial charge in [0.15, 0.2) is 0 Å². The summed E-state index contributed by atoms with van der Waals surface area (Å²) in [5.41, 5.74) is 3.98. The zero-order valence-corrected chi connectivity index (χ0v) is 17.8. The lowest BCUT2D eigenvalue weighted by molar-refractivity contribution is 0.202. The molecule has 3 aromatic rings. The smallest absolute Gasteiger partial charge is 0.326 e. The molecule has 6 heteroatoms. The van der Waals surface area contributed by atoms with E-state index in [0.717, 1.165) is 60.0 Å². The number of rotatable bonds is 6. The third kappa shape index (κ3) is 3.54. The minimum absolute atomic E-state index is 0.0474. The van der Waals surface area contributed by atoms with Gasteiger partial charge in [0.25, 0.3) is 0 Å². The van der Waals surface area contributed by atoms with Crippen molar-refractivity contribution in [3.63, 3.8) is 0 Å². The molecule has 0 spiro atoms. The number of ether oxygens (including phenoxy) is 1. The average Bonchev–Trinajstić information content (AvgIpc) is 3.22. The molecule has 0 saturated carbocycles. The minimum atomic E-state index is 0.0474. The topological polar surface area (TPSA) is 50.6 Å². The van der Waals surface area contributed by atoms with E-state index in [4.69, 9.17) is 9.72 Å². The van der Waals surface area contributed by atoms with Crippen LogP contribution >= 0.6 is 0 Å². The van der Waals surface area contributed by atoms with E-state index in [1.807, 2.05) is 58.5 Å². The summed E-state index contributed by atoms with van der Waals surface area (Å²) in [6.07, 6.45) is 3.78. The number of urea groups is 1. The summed E-state index contributed by atoms with van der Waals surface area (Å²) >= 11 is 0. The summed E-state index contributed by atoms with van der Waals surface area (Å²) in [6, 6.07) is 16.0. The van der Waals surface area contributed by atoms with Crippen molar-refractivity contribution in [3.8, 4) is 28.4 Å². The third-order valence-corrected chi connectivity index (χ3v) is 5.45. The van der Waals surface area contributed by atoms with Gasteiger partial charge in [-0.3, -0.25) is 4.90 Å². The van der Waals surface area contributed by atoms with Crippen molar-refractivity contribution in [2.24, 2.45) is 0 Å². The lowest BCUT2D eigenvalue weighted by atomic mass is 10.1. The summed E-state index contributed by atoms with van der Waals surface area (Å²) < 4.78 is 7.40. The van der Waals surface area contributed by atoms with Gasteiger partial charge in [0.1, 0.15) is 18.2 Å². The van der Waals surface area contributed by atoms with E-state index in [-0.39, 0.29) is 6.03 Å². The highest BCUT2D eigenvalue weighted by Gasteiger charge is 2.30. The molecule has 0 radical (unpaired) electrons. The van der Waals surface area contributed by atoms with Crippen LogP contribution in [0.25, 0.3) is 22.6 Å². The van der Waals surface area contributed by atoms with Crippen LogP contribution in [0.5, 0.6) is 5.75 Å². The largest absolute Gasteiger partial charge is 0.497 e. The van der Waals surface area contributed by atoms with Gasteiger partial charge in [-0.1, -0.05) is 32.0 Å². The number of hydrogen-bond acceptors (Lipinski definition) is 3. The molecule has 2 amide bonds. The number of benzene rings is 2. The maximum absolute atomic E-state index is 13.5. The Hall–Kier alpha value is -3.28. The first-order valence-electron chi connectivity index (χ1n) is 10.5. The second-order valence-corrected chi connectivity index (χ2v) is 7.48. The molecule has 0 aliphatic carbocycles. The quantitative estimate of drug-likeness (QED) is 0.564. The van der Waals surface area contributed by atoms with Crippen LogP contribution in [0.4, 0.5) is 10.5 Å². The number of nitrogens with zero attached hydrogens (tertiary/aromatic N) is 4. The molecule has 0 N–H and O–H groups in total. The molecule has 0 atom stereocenters. The normalized spacial score (nSPS) is 12.3. The van der Waals surface area contributed by atoms with Crippen molar-refractivity contribution in [2.45, 2.75) is 33.4 Å². The van der Waals surface area contributed by atoms with Crippen LogP contribution in [0.1, 0.15) is 26.7 Å². The number of fused-ring (bicyclic) bond motifs is 3. The molecule has 0 fully saturated rings. The number of aromatic nitrogens is 2. The molecule has 1 aliphatic rings. The number of imidazole rings is 1. The van der Waals surface area contributed by atoms with Gasteiger partial charge in [0.2, 0.25) is 0 Å². The number of hydrogen-bond donors (Lipinski definition) is 0. The molecule has 1 aliphatic heterocycles. The van der Waals surface area contributed by atoms with Gasteiger partial charge < -0.3 is 14.2 Å². The van der Waals surface area contributed by atoms with Crippen LogP contribution in [-0.4, -0.2) is 40.7 Å². The highest BCUT2D eigenvalue weighted by molar-refractivity contribution is 5.97. The number of carbonyl (C=O) groups is 1. The Morgan fingerprint density at radius 2 is 1.77 bits per heavy atom. The van der Waals surface area contributed by atoms with Gasteiger partial charge in [-0.05, 0) is 43.2 Å². The molecule has 2 aromatic carbocycles. The standard InChI is InChI=1S/C24H28N4O2/c1-4-14-26(15-5-2)24(29)28-17-27-22(20-8-6-7-9-21(20)28)16-25-23(27)18-10-12-19(30-3)13-11-18/h6-13,16H,4-5,14-15,17H2,1-3H3. The van der Waals surface area contributed by atoms with E-state index in [1.165, 1.54) is 0 Å². The molecule has 1 aromatic heterocycles. The molecule has 2 heterocycles. The van der Waals surface area contributed by atoms with Crippen molar-refractivity contribution >= 4 is 11.7 Å². The predicted octanol–water partition coefficient (Wildman–Crippen LogP) is 5.25. The predicted molar refractivity (Wildman–Crippen MR) is 120 cm³/mol. The van der Waals surface area contributed by atoms with E-state index in [9.17, 15) is 4.79 Å². The third-order valence-electron chi connectivity index (χ3n) is 5.45. The van der Waals surface area contributed by atoms with Gasteiger partial charge in [-0.25, -0.2) is 9.78 Å². The Bertz CT molecular complexity index is 1020. The molecule has 6 nitrogen and oxygen atoms in total. The Morgan fingerprint density at radius 3 is 2.43 bits per heavy atom. The fraction of sp³-hybridized carbons (Fsp3) is 0.333. The van der Waals surface area contributed by atoms with E-state index >= 15 is 0 Å². The lowest BCUT2D eigenvalue weighted by Crippen LogP contribution is -2.46. The van der Waals surface area contributed by atoms with E-state index in [2.05, 4.69) is 24.5 Å². The Morgan fingerprint density at radius 1 is 1.07 bits per heavy atom. The van der Waals surface area contributed by atoms with Crippen molar-refractivity contribution in [1.29, 1.82) is 0 Å². The summed E-state index contributed by atoms with van der Waals surface area (Å²) in [5.74, 6) is 1.65. The molecule has 0 saturated heterocycles. The highest BCUT2D eigenvalue weighted by atomic mass is 16.5. The SMILES string of the molecule is CCCN(CCC)C(=O)N1Cn2c(cnc2-c2ccc(OC)cc2)-c2ccccc21. The molecule has 0 bridgehead atoms. The fourth-order valence-corrected chi connectivity index (χ4v) is 4.02. The summed E-state index contributed by atoms with van der Waals surface area (Å²) in [6.45, 7) is 6.17. The molecular formula is C24H28N4O2. The fourth-order valence-electron chi connectivity index (χ4n) is 4.02. The van der Waals surface area contributed by atoms with Gasteiger partial charge in [-0.15, -0.1) is 0 Å². The summed E-state index contributed by atoms with van der Waals surface area (Å²) in [7, 11) is 1.66. The van der Waals surface area contributed by atoms with Crippen molar-refractivity contribution in [3.05, 3.63) is 54.7 Å². The number of para-hydroxylation sites is 1. The lowest BCUT2D eigenvalue weighted by Gasteiger charge is -2.35. The number of amides is 2. The van der Waals surface area contributed by atoms with Crippen molar-refractivity contribution in [2.75, 3.05) is 25.1 Å². The van der Waals surface area contributed by atoms with Crippen LogP contribution in [0.3, 0.4) is 0 Å². The molecular weight excluding hydrogens is 376 g/mol. The number of anilines is 1. The summed E-state index contributed by atoms with van der Waals surface area (Å²) in [4.78, 5) is 22.0. The Labute approximate surface area is 177 Å². The average molecular weight is 405 g/mol. The first-order valence-corrected chi connectivity index (χ1v) is 10.5. The van der Waals surface area contributed by atoms with E-state index in [1.54, 1.807) is 7.11 Å². The number of methoxy groups -OCH3 is 1. The van der Waals surface area contributed by atoms with Crippen LogP contribution in [0.15, 0.2) is 54.7 Å². The molecule has 156 valence electrons. The van der Waals surface area contributed by atoms with E-state index in [0.29, 0.717) is 6.67 Å². The van der Waals surface area contributed by atoms with Gasteiger partial charge >= 0.3 is 6.03 Å². The monoisotopic (exact) mass is 404 g/mol. The van der Waals surface area contributed by atoms with Crippen LogP contribution in [0.2, 0.25) is 0 Å². The van der Waals surface area contributed by atoms with Gasteiger partial charge in [0, 0.05) is 24.2 Å². The van der Waals surface area contributed by atoms with E-state index < -0.39 is 0 Å². The zero-order chi connectivity index (χ0) is 21.1. The van der Waals surface area contributed by atoms with Crippen LogP contribution in [-0.2, 0) is 6.67 Å². The minimum Gasteiger partial charge on any atom is -0.497 e. The molecule has 4 rings (SSSR count). The van der Waals surface area contributed by atoms with Gasteiger partial charge in [-0.2, -0.15) is 0 Å². The van der Waals surface area contributed by atoms with Crippen molar-refractivity contribution < 1.29 is 9.53 Å². The van der Waals surface area contributed by atoms with Crippen LogP contribution < -0.4 is 9.64 Å². The van der Waals surface area contributed by atoms with Crippen molar-refractivity contribution in [1.82, 2.24) is 14.5 Å². The highest BCUT2D eigenvalue weighted by Crippen LogP contribution is 2.39. The van der Waals surface area contributed by atoms with Gasteiger partial charge in [0.05, 0.1) is 24.7 Å². The summed E-state index contributed by atoms with van der Waals surface area (Å²) in [5, 5.41) is 0. The zero-order valence-electron chi connectivity index (χ0n) is 17.8. The maximum atomic E-state index is 13.5. The van der Waals surface area contributed by atoms with Crippen LogP contribution in [0, 0.1) is 0 Å². The maximum Gasteiger partial charge on any atom is 0.326 e. The molecule has 30 heavy (non-hydrogen) atoms. The second kappa shape index (κ2) is 8.61. The first-order chi connectivity index (χ1) is 14.7. The Kier molecular flexibility index (Phi) is 5.74. The molecule has 0 unspecified atom stereocenters. The Balaban J connectivity index is 1.76. The number of carbonyl (C=O) groups excluding carboxylic acids is 1. The second-order valence-electron chi connectivity index (χ2n) is 7.48.